The molecule has 0 aliphatic rings. The van der Waals surface area contributed by atoms with E-state index in [1.807, 2.05) is 6.92 Å². The average molecular weight is 146 g/mol. The summed E-state index contributed by atoms with van der Waals surface area (Å²) >= 11 is 0. The molecular weight excluding hydrogens is 132 g/mol. The molecule has 60 valence electrons. The van der Waals surface area contributed by atoms with Gasteiger partial charge >= 0.3 is 0 Å². The Hall–Kier alpha value is -0.450. The molecular formula is C6H14N2O2. The first-order chi connectivity index (χ1) is 4.81. The zero-order valence-electron chi connectivity index (χ0n) is 6.44. The molecule has 0 saturated carbocycles. The van der Waals surface area contributed by atoms with Crippen LogP contribution in [0.4, 0.5) is 0 Å². The molecule has 4 heteroatoms. The number of nitrogens with one attached hydrogen (secondary N) is 2. The second-order valence-electron chi connectivity index (χ2n) is 1.82. The highest BCUT2D eigenvalue weighted by Gasteiger charge is 1.96. The van der Waals surface area contributed by atoms with Crippen molar-refractivity contribution in [2.75, 3.05) is 26.7 Å². The third-order valence-corrected chi connectivity index (χ3v) is 0.890. The largest absolute Gasteiger partial charge is 0.313 e. The molecule has 0 aromatic heterocycles. The quantitative estimate of drug-likeness (QED) is 0.385. The second kappa shape index (κ2) is 6.67. The molecule has 0 heterocycles. The van der Waals surface area contributed by atoms with E-state index in [0.29, 0.717) is 13.2 Å². The second-order valence-corrected chi connectivity index (χ2v) is 1.82. The van der Waals surface area contributed by atoms with Gasteiger partial charge in [-0.1, -0.05) is 0 Å². The first kappa shape index (κ1) is 9.55. The van der Waals surface area contributed by atoms with E-state index in [1.165, 1.54) is 0 Å². The van der Waals surface area contributed by atoms with Crippen LogP contribution in [-0.2, 0) is 9.63 Å². The van der Waals surface area contributed by atoms with Crippen LogP contribution in [0.15, 0.2) is 0 Å². The summed E-state index contributed by atoms with van der Waals surface area (Å²) in [6.07, 6.45) is 0. The molecule has 0 bridgehead atoms. The van der Waals surface area contributed by atoms with Gasteiger partial charge in [-0.15, -0.1) is 0 Å². The van der Waals surface area contributed by atoms with Crippen LogP contribution < -0.4 is 10.8 Å². The van der Waals surface area contributed by atoms with Crippen LogP contribution in [0.25, 0.3) is 0 Å². The Morgan fingerprint density at radius 1 is 1.50 bits per heavy atom. The molecule has 0 fully saturated rings. The number of hydroxylamine groups is 1. The monoisotopic (exact) mass is 146 g/mol. The maximum Gasteiger partial charge on any atom is 0.162 e. The summed E-state index contributed by atoms with van der Waals surface area (Å²) in [5.41, 5.74) is 2.53. The van der Waals surface area contributed by atoms with E-state index in [2.05, 4.69) is 10.8 Å². The first-order valence-corrected chi connectivity index (χ1v) is 3.32. The van der Waals surface area contributed by atoms with Crippen LogP contribution in [0.1, 0.15) is 6.92 Å². The number of likely N-dealkylation sites (N-methyl/N-ethyl adjacent to an activating group) is 1. The van der Waals surface area contributed by atoms with E-state index in [1.54, 1.807) is 7.05 Å². The Morgan fingerprint density at radius 2 is 2.20 bits per heavy atom. The van der Waals surface area contributed by atoms with Crippen LogP contribution in [0, 0.1) is 0 Å². The lowest BCUT2D eigenvalue weighted by Gasteiger charge is -2.01. The van der Waals surface area contributed by atoms with E-state index in [9.17, 15) is 4.79 Å². The van der Waals surface area contributed by atoms with Gasteiger partial charge < -0.3 is 10.2 Å². The van der Waals surface area contributed by atoms with Crippen molar-refractivity contribution in [3.8, 4) is 0 Å². The van der Waals surface area contributed by atoms with Gasteiger partial charge in [0.15, 0.2) is 5.78 Å². The normalized spacial score (nSPS) is 9.80. The Bertz CT molecular complexity index is 95.7. The zero-order chi connectivity index (χ0) is 7.82. The molecule has 2 N–H and O–H groups in total. The molecule has 0 unspecified atom stereocenters. The summed E-state index contributed by atoms with van der Waals surface area (Å²) in [6, 6.07) is 0. The van der Waals surface area contributed by atoms with Crippen molar-refractivity contribution in [1.82, 2.24) is 10.8 Å². The third kappa shape index (κ3) is 5.68. The van der Waals surface area contributed by atoms with Crippen molar-refractivity contribution in [1.29, 1.82) is 0 Å². The lowest BCUT2D eigenvalue weighted by atomic mass is 10.4. The number of hydrogen-bond acceptors (Lipinski definition) is 4. The number of hydrogen-bond donors (Lipinski definition) is 2. The number of rotatable bonds is 6. The molecule has 0 aliphatic carbocycles. The third-order valence-electron chi connectivity index (χ3n) is 0.890. The molecule has 0 rings (SSSR count). The van der Waals surface area contributed by atoms with Gasteiger partial charge in [0.25, 0.3) is 0 Å². The minimum atomic E-state index is 0.0935. The van der Waals surface area contributed by atoms with Crippen molar-refractivity contribution in [2.45, 2.75) is 6.92 Å². The first-order valence-electron chi connectivity index (χ1n) is 3.32. The molecule has 0 atom stereocenters. The summed E-state index contributed by atoms with van der Waals surface area (Å²) in [6.45, 7) is 3.09. The summed E-state index contributed by atoms with van der Waals surface area (Å²) in [5.74, 6) is 0.0935. The standard InChI is InChI=1S/C6H14N2O2/c1-3-10-8-5-6(9)4-7-2/h7-8H,3-5H2,1-2H3. The molecule has 0 amide bonds. The number of ketones is 1. The molecule has 0 aliphatic heterocycles. The van der Waals surface area contributed by atoms with Crippen molar-refractivity contribution in [3.05, 3.63) is 0 Å². The van der Waals surface area contributed by atoms with E-state index < -0.39 is 0 Å². The van der Waals surface area contributed by atoms with Crippen LogP contribution in [0.2, 0.25) is 0 Å². The molecule has 0 saturated heterocycles. The van der Waals surface area contributed by atoms with Crippen molar-refractivity contribution in [2.24, 2.45) is 0 Å². The summed E-state index contributed by atoms with van der Waals surface area (Å²) in [4.78, 5) is 15.5. The van der Waals surface area contributed by atoms with E-state index in [4.69, 9.17) is 4.84 Å². The molecule has 0 aromatic carbocycles. The minimum Gasteiger partial charge on any atom is -0.313 e. The molecule has 0 spiro atoms. The van der Waals surface area contributed by atoms with Crippen molar-refractivity contribution >= 4 is 5.78 Å². The SMILES string of the molecule is CCONCC(=O)CNC. The topological polar surface area (TPSA) is 50.4 Å². The Balaban J connectivity index is 3.05. The van der Waals surface area contributed by atoms with E-state index in [0.717, 1.165) is 0 Å². The molecule has 0 radical (unpaired) electrons. The highest BCUT2D eigenvalue weighted by Crippen LogP contribution is 1.67. The Labute approximate surface area is 60.9 Å². The average Bonchev–Trinajstić information content (AvgIpc) is 1.89. The Morgan fingerprint density at radius 3 is 2.70 bits per heavy atom. The highest BCUT2D eigenvalue weighted by atomic mass is 16.6. The van der Waals surface area contributed by atoms with Gasteiger partial charge in [0.05, 0.1) is 19.7 Å². The van der Waals surface area contributed by atoms with Gasteiger partial charge in [-0.05, 0) is 14.0 Å². The summed E-state index contributed by atoms with van der Waals surface area (Å²) in [5, 5.41) is 2.75. The van der Waals surface area contributed by atoms with Gasteiger partial charge in [0, 0.05) is 0 Å². The fourth-order valence-electron chi connectivity index (χ4n) is 0.493. The molecule has 10 heavy (non-hydrogen) atoms. The van der Waals surface area contributed by atoms with Crippen LogP contribution in [0.5, 0.6) is 0 Å². The lowest BCUT2D eigenvalue weighted by molar-refractivity contribution is -0.119. The van der Waals surface area contributed by atoms with Crippen LogP contribution in [0.3, 0.4) is 0 Å². The zero-order valence-corrected chi connectivity index (χ0v) is 6.44. The summed E-state index contributed by atoms with van der Waals surface area (Å²) < 4.78 is 0. The van der Waals surface area contributed by atoms with Gasteiger partial charge in [0.2, 0.25) is 0 Å². The molecule has 4 nitrogen and oxygen atoms in total. The van der Waals surface area contributed by atoms with Crippen LogP contribution in [-0.4, -0.2) is 32.5 Å². The van der Waals surface area contributed by atoms with E-state index in [-0.39, 0.29) is 12.3 Å². The fourth-order valence-corrected chi connectivity index (χ4v) is 0.493. The number of Topliss-reactive ketones (excluding diaryl/α,β-unsaturated/α-hetero) is 1. The van der Waals surface area contributed by atoms with Crippen molar-refractivity contribution in [3.63, 3.8) is 0 Å². The van der Waals surface area contributed by atoms with Gasteiger partial charge in [-0.2, -0.15) is 5.48 Å². The molecule has 0 aromatic rings. The fraction of sp³-hybridized carbons (Fsp3) is 0.833. The smallest absolute Gasteiger partial charge is 0.162 e. The highest BCUT2D eigenvalue weighted by molar-refractivity contribution is 5.82. The predicted octanol–water partition coefficient (Wildman–Crippen LogP) is -0.684. The maximum atomic E-state index is 10.7. The summed E-state index contributed by atoms with van der Waals surface area (Å²) in [7, 11) is 1.73. The van der Waals surface area contributed by atoms with Crippen molar-refractivity contribution < 1.29 is 9.63 Å². The van der Waals surface area contributed by atoms with Gasteiger partial charge in [-0.25, -0.2) is 0 Å². The number of carbonyl (C=O) groups is 1. The minimum absolute atomic E-state index is 0.0935. The predicted molar refractivity (Wildman–Crippen MR) is 38.6 cm³/mol. The van der Waals surface area contributed by atoms with E-state index >= 15 is 0 Å². The maximum absolute atomic E-state index is 10.7. The lowest BCUT2D eigenvalue weighted by Crippen LogP contribution is -2.29. The van der Waals surface area contributed by atoms with Crippen LogP contribution >= 0.6 is 0 Å². The van der Waals surface area contributed by atoms with Gasteiger partial charge in [0.1, 0.15) is 0 Å². The Kier molecular flexibility index (Phi) is 6.37. The number of carbonyl (C=O) groups excluding carboxylic acids is 1. The van der Waals surface area contributed by atoms with Gasteiger partial charge in [-0.3, -0.25) is 4.79 Å².